The lowest BCUT2D eigenvalue weighted by atomic mass is 9.78. The maximum Gasteiger partial charge on any atom is 0.306 e. The van der Waals surface area contributed by atoms with Crippen molar-refractivity contribution in [1.29, 1.82) is 0 Å². The molecule has 1 saturated heterocycles. The van der Waals surface area contributed by atoms with E-state index in [4.69, 9.17) is 10.8 Å². The molecule has 1 atom stereocenters. The summed E-state index contributed by atoms with van der Waals surface area (Å²) in [6, 6.07) is 0.231. The van der Waals surface area contributed by atoms with Crippen molar-refractivity contribution in [3.8, 4) is 0 Å². The summed E-state index contributed by atoms with van der Waals surface area (Å²) in [5.74, 6) is -0.994. The fourth-order valence-corrected chi connectivity index (χ4v) is 2.98. The number of aliphatic hydroxyl groups is 1. The van der Waals surface area contributed by atoms with Gasteiger partial charge in [0.1, 0.15) is 0 Å². The van der Waals surface area contributed by atoms with E-state index >= 15 is 0 Å². The van der Waals surface area contributed by atoms with E-state index in [2.05, 4.69) is 4.90 Å². The van der Waals surface area contributed by atoms with Gasteiger partial charge in [0.05, 0.1) is 11.5 Å². The normalized spacial score (nSPS) is 39.4. The first-order valence-corrected chi connectivity index (χ1v) is 6.42. The fraction of sp³-hybridized carbons (Fsp3) is 0.917. The third-order valence-corrected chi connectivity index (χ3v) is 4.09. The minimum Gasteiger partial charge on any atom is -0.481 e. The Kier molecular flexibility index (Phi) is 3.70. The number of carboxylic acids is 1. The second kappa shape index (κ2) is 4.92. The summed E-state index contributed by atoms with van der Waals surface area (Å²) in [5.41, 5.74) is 5.14. The van der Waals surface area contributed by atoms with Crippen LogP contribution in [0.3, 0.4) is 0 Å². The minimum absolute atomic E-state index is 0.231. The number of nitrogens with zero attached hydrogens (tertiary/aromatic N) is 1. The van der Waals surface area contributed by atoms with Crippen molar-refractivity contribution >= 4 is 5.97 Å². The molecule has 0 aromatic heterocycles. The van der Waals surface area contributed by atoms with E-state index in [9.17, 15) is 9.90 Å². The zero-order chi connectivity index (χ0) is 12.5. The monoisotopic (exact) mass is 242 g/mol. The second-order valence-electron chi connectivity index (χ2n) is 5.62. The Morgan fingerprint density at radius 2 is 2.00 bits per heavy atom. The molecule has 2 fully saturated rings. The van der Waals surface area contributed by atoms with Gasteiger partial charge in [-0.25, -0.2) is 0 Å². The maximum atomic E-state index is 10.8. The van der Waals surface area contributed by atoms with Crippen LogP contribution < -0.4 is 5.73 Å². The average Bonchev–Trinajstić information content (AvgIpc) is 2.63. The summed E-state index contributed by atoms with van der Waals surface area (Å²) in [5, 5.41) is 19.4. The molecule has 0 spiro atoms. The number of carboxylic acid groups (broad SMARTS) is 1. The van der Waals surface area contributed by atoms with Gasteiger partial charge in [-0.3, -0.25) is 9.69 Å². The molecule has 1 heterocycles. The molecule has 5 nitrogen and oxygen atoms in total. The third-order valence-electron chi connectivity index (χ3n) is 4.09. The number of β-amino-alcohol motifs (C(OH)–C–C–N with tert-alkyl or cyclic N) is 1. The third kappa shape index (κ3) is 3.18. The van der Waals surface area contributed by atoms with Gasteiger partial charge in [0.2, 0.25) is 0 Å². The predicted molar refractivity (Wildman–Crippen MR) is 63.6 cm³/mol. The Hall–Kier alpha value is -0.650. The lowest BCUT2D eigenvalue weighted by molar-refractivity contribution is -0.145. The van der Waals surface area contributed by atoms with Gasteiger partial charge in [-0.15, -0.1) is 0 Å². The van der Waals surface area contributed by atoms with Crippen LogP contribution in [0.1, 0.15) is 32.1 Å². The van der Waals surface area contributed by atoms with Gasteiger partial charge < -0.3 is 15.9 Å². The number of likely N-dealkylation sites (tertiary alicyclic amines) is 1. The van der Waals surface area contributed by atoms with Crippen molar-refractivity contribution in [2.45, 2.75) is 43.7 Å². The number of aliphatic carboxylic acids is 1. The first kappa shape index (κ1) is 12.8. The van der Waals surface area contributed by atoms with E-state index in [1.807, 2.05) is 0 Å². The molecule has 98 valence electrons. The first-order chi connectivity index (χ1) is 7.98. The van der Waals surface area contributed by atoms with Crippen LogP contribution in [-0.4, -0.2) is 52.4 Å². The van der Waals surface area contributed by atoms with Gasteiger partial charge in [0, 0.05) is 19.1 Å². The van der Waals surface area contributed by atoms with Gasteiger partial charge in [0.25, 0.3) is 0 Å². The molecule has 0 amide bonds. The van der Waals surface area contributed by atoms with E-state index in [1.165, 1.54) is 0 Å². The Balaban J connectivity index is 1.83. The number of hydrogen-bond donors (Lipinski definition) is 3. The van der Waals surface area contributed by atoms with Crippen LogP contribution in [0.4, 0.5) is 0 Å². The van der Waals surface area contributed by atoms with Gasteiger partial charge in [-0.2, -0.15) is 0 Å². The molecule has 2 rings (SSSR count). The Morgan fingerprint density at radius 1 is 1.35 bits per heavy atom. The molecule has 0 aromatic rings. The van der Waals surface area contributed by atoms with Crippen molar-refractivity contribution in [3.05, 3.63) is 0 Å². The Bertz CT molecular complexity index is 287. The van der Waals surface area contributed by atoms with E-state index in [0.717, 1.165) is 19.5 Å². The molecule has 4 N–H and O–H groups in total. The summed E-state index contributed by atoms with van der Waals surface area (Å²) >= 11 is 0. The number of carbonyl (C=O) groups is 1. The SMILES string of the molecule is NC1CCN(CC2(O)CCC(C(=O)O)CC2)C1. The Morgan fingerprint density at radius 3 is 2.47 bits per heavy atom. The largest absolute Gasteiger partial charge is 0.481 e. The van der Waals surface area contributed by atoms with Gasteiger partial charge in [-0.05, 0) is 38.6 Å². The zero-order valence-electron chi connectivity index (χ0n) is 10.1. The first-order valence-electron chi connectivity index (χ1n) is 6.42. The smallest absolute Gasteiger partial charge is 0.306 e. The zero-order valence-corrected chi connectivity index (χ0v) is 10.1. The highest BCUT2D eigenvalue weighted by atomic mass is 16.4. The van der Waals surface area contributed by atoms with Crippen LogP contribution in [0.5, 0.6) is 0 Å². The summed E-state index contributed by atoms with van der Waals surface area (Å²) in [6.07, 6.45) is 3.36. The van der Waals surface area contributed by atoms with Crippen molar-refractivity contribution in [1.82, 2.24) is 4.90 Å². The van der Waals surface area contributed by atoms with Crippen molar-refractivity contribution in [3.63, 3.8) is 0 Å². The topological polar surface area (TPSA) is 86.8 Å². The predicted octanol–water partition coefficient (Wildman–Crippen LogP) is 0.0253. The highest BCUT2D eigenvalue weighted by molar-refractivity contribution is 5.70. The Labute approximate surface area is 102 Å². The van der Waals surface area contributed by atoms with Gasteiger partial charge in [0.15, 0.2) is 0 Å². The lowest BCUT2D eigenvalue weighted by Crippen LogP contribution is -2.46. The molecule has 2 aliphatic rings. The van der Waals surface area contributed by atoms with Crippen LogP contribution in [0.15, 0.2) is 0 Å². The molecule has 0 aromatic carbocycles. The van der Waals surface area contributed by atoms with E-state index < -0.39 is 11.6 Å². The average molecular weight is 242 g/mol. The van der Waals surface area contributed by atoms with E-state index in [0.29, 0.717) is 32.2 Å². The maximum absolute atomic E-state index is 10.8. The highest BCUT2D eigenvalue weighted by Crippen LogP contribution is 2.33. The molecule has 1 saturated carbocycles. The van der Waals surface area contributed by atoms with Crippen LogP contribution >= 0.6 is 0 Å². The molecule has 0 bridgehead atoms. The molecule has 0 radical (unpaired) electrons. The van der Waals surface area contributed by atoms with Gasteiger partial charge >= 0.3 is 5.97 Å². The minimum atomic E-state index is -0.727. The van der Waals surface area contributed by atoms with Crippen LogP contribution in [0.25, 0.3) is 0 Å². The van der Waals surface area contributed by atoms with E-state index in [-0.39, 0.29) is 12.0 Å². The summed E-state index contributed by atoms with van der Waals surface area (Å²) in [7, 11) is 0. The highest BCUT2D eigenvalue weighted by Gasteiger charge is 2.37. The van der Waals surface area contributed by atoms with Crippen LogP contribution in [-0.2, 0) is 4.79 Å². The lowest BCUT2D eigenvalue weighted by Gasteiger charge is -2.37. The summed E-state index contributed by atoms with van der Waals surface area (Å²) in [6.45, 7) is 2.45. The van der Waals surface area contributed by atoms with E-state index in [1.54, 1.807) is 0 Å². The van der Waals surface area contributed by atoms with Gasteiger partial charge in [-0.1, -0.05) is 0 Å². The van der Waals surface area contributed by atoms with Crippen LogP contribution in [0, 0.1) is 5.92 Å². The molecule has 17 heavy (non-hydrogen) atoms. The summed E-state index contributed by atoms with van der Waals surface area (Å²) < 4.78 is 0. The quantitative estimate of drug-likeness (QED) is 0.650. The number of rotatable bonds is 3. The molecule has 5 heteroatoms. The molecule has 1 aliphatic heterocycles. The van der Waals surface area contributed by atoms with Crippen LogP contribution in [0.2, 0.25) is 0 Å². The molecular formula is C12H22N2O3. The van der Waals surface area contributed by atoms with Crippen molar-refractivity contribution < 1.29 is 15.0 Å². The van der Waals surface area contributed by atoms with Crippen molar-refractivity contribution in [2.75, 3.05) is 19.6 Å². The standard InChI is InChI=1S/C12H22N2O3/c13-10-3-6-14(7-10)8-12(17)4-1-9(2-5-12)11(15)16/h9-10,17H,1-8,13H2,(H,15,16). The second-order valence-corrected chi connectivity index (χ2v) is 5.62. The summed E-state index contributed by atoms with van der Waals surface area (Å²) in [4.78, 5) is 13.0. The number of hydrogen-bond acceptors (Lipinski definition) is 4. The number of nitrogens with two attached hydrogens (primary N) is 1. The van der Waals surface area contributed by atoms with Crippen molar-refractivity contribution in [2.24, 2.45) is 11.7 Å². The molecule has 1 aliphatic carbocycles. The molecular weight excluding hydrogens is 220 g/mol. The fourth-order valence-electron chi connectivity index (χ4n) is 2.98. The molecule has 1 unspecified atom stereocenters.